The number of nitrogens with zero attached hydrogens (tertiary/aromatic N) is 1. The van der Waals surface area contributed by atoms with Crippen LogP contribution in [0.5, 0.6) is 0 Å². The van der Waals surface area contributed by atoms with Crippen LogP contribution in [0.15, 0.2) is 71.6 Å². The highest BCUT2D eigenvalue weighted by Crippen LogP contribution is 2.36. The van der Waals surface area contributed by atoms with Gasteiger partial charge in [0, 0.05) is 18.7 Å². The SMILES string of the molecule is O=S(=O)(c1ccc2ccccc2c1-c1ccccc1)N1CCCC1. The third-order valence-corrected chi connectivity index (χ3v) is 6.58. The lowest BCUT2D eigenvalue weighted by atomic mass is 9.98. The van der Waals surface area contributed by atoms with Crippen LogP contribution in [0, 0.1) is 0 Å². The van der Waals surface area contributed by atoms with Crippen molar-refractivity contribution >= 4 is 20.8 Å². The number of fused-ring (bicyclic) bond motifs is 1. The number of hydrogen-bond donors (Lipinski definition) is 0. The summed E-state index contributed by atoms with van der Waals surface area (Å²) in [6.07, 6.45) is 1.88. The van der Waals surface area contributed by atoms with Crippen molar-refractivity contribution in [2.24, 2.45) is 0 Å². The molecule has 0 aromatic heterocycles. The normalized spacial score (nSPS) is 15.8. The second kappa shape index (κ2) is 6.04. The maximum absolute atomic E-state index is 13.2. The number of sulfonamides is 1. The van der Waals surface area contributed by atoms with Crippen LogP contribution >= 0.6 is 0 Å². The van der Waals surface area contributed by atoms with Gasteiger partial charge < -0.3 is 0 Å². The molecule has 3 nitrogen and oxygen atoms in total. The minimum atomic E-state index is -3.48. The van der Waals surface area contributed by atoms with E-state index in [1.807, 2.05) is 60.7 Å². The van der Waals surface area contributed by atoms with E-state index in [0.717, 1.165) is 34.7 Å². The van der Waals surface area contributed by atoms with E-state index in [0.29, 0.717) is 18.0 Å². The van der Waals surface area contributed by atoms with Crippen molar-refractivity contribution in [1.82, 2.24) is 4.31 Å². The van der Waals surface area contributed by atoms with E-state index in [1.165, 1.54) is 0 Å². The van der Waals surface area contributed by atoms with E-state index in [2.05, 4.69) is 0 Å². The summed E-state index contributed by atoms with van der Waals surface area (Å²) >= 11 is 0. The van der Waals surface area contributed by atoms with Crippen molar-refractivity contribution in [3.05, 3.63) is 66.7 Å². The highest BCUT2D eigenvalue weighted by Gasteiger charge is 2.30. The Balaban J connectivity index is 2.02. The molecule has 1 saturated heterocycles. The molecule has 122 valence electrons. The summed E-state index contributed by atoms with van der Waals surface area (Å²) in [5.74, 6) is 0. The largest absolute Gasteiger partial charge is 0.243 e. The number of benzene rings is 3. The summed E-state index contributed by atoms with van der Waals surface area (Å²) in [5, 5.41) is 2.03. The van der Waals surface area contributed by atoms with Gasteiger partial charge in [0.05, 0.1) is 4.90 Å². The standard InChI is InChI=1S/C20H19NO2S/c22-24(23,21-14-6-7-15-21)19-13-12-16-8-4-5-11-18(16)20(19)17-9-2-1-3-10-17/h1-5,8-13H,6-7,14-15H2. The molecule has 0 amide bonds. The van der Waals surface area contributed by atoms with Crippen molar-refractivity contribution in [1.29, 1.82) is 0 Å². The third-order valence-electron chi connectivity index (χ3n) is 4.64. The second-order valence-corrected chi connectivity index (χ2v) is 8.04. The molecule has 24 heavy (non-hydrogen) atoms. The van der Waals surface area contributed by atoms with Crippen LogP contribution in [0.1, 0.15) is 12.8 Å². The van der Waals surface area contributed by atoms with Gasteiger partial charge in [0.15, 0.2) is 0 Å². The first kappa shape index (κ1) is 15.4. The predicted molar refractivity (Wildman–Crippen MR) is 97.4 cm³/mol. The average Bonchev–Trinajstić information content (AvgIpc) is 3.17. The third kappa shape index (κ3) is 2.52. The summed E-state index contributed by atoms with van der Waals surface area (Å²) in [6.45, 7) is 1.23. The summed E-state index contributed by atoms with van der Waals surface area (Å²) in [7, 11) is -3.48. The Hall–Kier alpha value is -2.17. The van der Waals surface area contributed by atoms with Crippen LogP contribution < -0.4 is 0 Å². The summed E-state index contributed by atoms with van der Waals surface area (Å²) in [4.78, 5) is 0.411. The van der Waals surface area contributed by atoms with Gasteiger partial charge in [-0.2, -0.15) is 4.31 Å². The minimum absolute atomic E-state index is 0.411. The fourth-order valence-electron chi connectivity index (χ4n) is 3.44. The predicted octanol–water partition coefficient (Wildman–Crippen LogP) is 4.29. The first-order chi connectivity index (χ1) is 11.7. The molecule has 0 atom stereocenters. The molecule has 0 unspecified atom stereocenters. The van der Waals surface area contributed by atoms with Gasteiger partial charge in [-0.25, -0.2) is 8.42 Å². The molecule has 0 radical (unpaired) electrons. The molecule has 3 aromatic rings. The highest BCUT2D eigenvalue weighted by molar-refractivity contribution is 7.89. The zero-order valence-electron chi connectivity index (χ0n) is 13.4. The molecule has 4 rings (SSSR count). The van der Waals surface area contributed by atoms with Crippen LogP contribution in [0.2, 0.25) is 0 Å². The molecule has 0 N–H and O–H groups in total. The Morgan fingerprint density at radius 1 is 0.750 bits per heavy atom. The molecule has 3 aromatic carbocycles. The lowest BCUT2D eigenvalue weighted by Gasteiger charge is -2.19. The van der Waals surface area contributed by atoms with Gasteiger partial charge >= 0.3 is 0 Å². The van der Waals surface area contributed by atoms with E-state index in [4.69, 9.17) is 0 Å². The van der Waals surface area contributed by atoms with E-state index < -0.39 is 10.0 Å². The van der Waals surface area contributed by atoms with Crippen LogP contribution in [0.3, 0.4) is 0 Å². The van der Waals surface area contributed by atoms with Gasteiger partial charge in [-0.05, 0) is 35.2 Å². The molecule has 0 bridgehead atoms. The quantitative estimate of drug-likeness (QED) is 0.715. The Bertz CT molecular complexity index is 975. The van der Waals surface area contributed by atoms with E-state index in [1.54, 1.807) is 10.4 Å². The topological polar surface area (TPSA) is 37.4 Å². The van der Waals surface area contributed by atoms with Gasteiger partial charge in [-0.3, -0.25) is 0 Å². The molecule has 1 heterocycles. The average molecular weight is 337 g/mol. The zero-order valence-corrected chi connectivity index (χ0v) is 14.2. The van der Waals surface area contributed by atoms with Crippen LogP contribution in [-0.2, 0) is 10.0 Å². The molecule has 0 aliphatic carbocycles. The lowest BCUT2D eigenvalue weighted by molar-refractivity contribution is 0.478. The lowest BCUT2D eigenvalue weighted by Crippen LogP contribution is -2.28. The highest BCUT2D eigenvalue weighted by atomic mass is 32.2. The smallest absolute Gasteiger partial charge is 0.207 e. The Labute approximate surface area is 142 Å². The van der Waals surface area contributed by atoms with Crippen molar-refractivity contribution in [3.63, 3.8) is 0 Å². The monoisotopic (exact) mass is 337 g/mol. The van der Waals surface area contributed by atoms with Gasteiger partial charge in [0.25, 0.3) is 0 Å². The summed E-state index contributed by atoms with van der Waals surface area (Å²) in [5.41, 5.74) is 1.74. The van der Waals surface area contributed by atoms with Crippen molar-refractivity contribution < 1.29 is 8.42 Å². The fraction of sp³-hybridized carbons (Fsp3) is 0.200. The van der Waals surface area contributed by atoms with E-state index in [9.17, 15) is 8.42 Å². The van der Waals surface area contributed by atoms with Gasteiger partial charge in [0.2, 0.25) is 10.0 Å². The van der Waals surface area contributed by atoms with Crippen molar-refractivity contribution in [2.45, 2.75) is 17.7 Å². The van der Waals surface area contributed by atoms with Gasteiger partial charge in [-0.15, -0.1) is 0 Å². The summed E-state index contributed by atoms with van der Waals surface area (Å²) < 4.78 is 28.0. The maximum Gasteiger partial charge on any atom is 0.243 e. The van der Waals surface area contributed by atoms with Crippen LogP contribution in [-0.4, -0.2) is 25.8 Å². The van der Waals surface area contributed by atoms with Gasteiger partial charge in [0.1, 0.15) is 0 Å². The molecule has 1 fully saturated rings. The second-order valence-electron chi connectivity index (χ2n) is 6.14. The van der Waals surface area contributed by atoms with Crippen molar-refractivity contribution in [3.8, 4) is 11.1 Å². The molecule has 4 heteroatoms. The van der Waals surface area contributed by atoms with E-state index >= 15 is 0 Å². The zero-order chi connectivity index (χ0) is 16.6. The molecular formula is C20H19NO2S. The maximum atomic E-state index is 13.2. The molecular weight excluding hydrogens is 318 g/mol. The number of hydrogen-bond acceptors (Lipinski definition) is 2. The first-order valence-corrected chi connectivity index (χ1v) is 9.69. The van der Waals surface area contributed by atoms with Gasteiger partial charge in [-0.1, -0.05) is 60.7 Å². The molecule has 0 saturated carbocycles. The van der Waals surface area contributed by atoms with E-state index in [-0.39, 0.29) is 0 Å². The van der Waals surface area contributed by atoms with Crippen molar-refractivity contribution in [2.75, 3.05) is 13.1 Å². The van der Waals surface area contributed by atoms with Crippen LogP contribution in [0.25, 0.3) is 21.9 Å². The Morgan fingerprint density at radius 3 is 2.17 bits per heavy atom. The molecule has 0 spiro atoms. The van der Waals surface area contributed by atoms with Crippen LogP contribution in [0.4, 0.5) is 0 Å². The first-order valence-electron chi connectivity index (χ1n) is 8.25. The Morgan fingerprint density at radius 2 is 1.42 bits per heavy atom. The number of rotatable bonds is 3. The fourth-order valence-corrected chi connectivity index (χ4v) is 5.18. The molecule has 1 aliphatic heterocycles. The molecule has 1 aliphatic rings. The Kier molecular flexibility index (Phi) is 3.87. The minimum Gasteiger partial charge on any atom is -0.207 e. The summed E-state index contributed by atoms with van der Waals surface area (Å²) in [6, 6.07) is 21.4.